The van der Waals surface area contributed by atoms with Crippen molar-refractivity contribution in [3.8, 4) is 0 Å². The van der Waals surface area contributed by atoms with Crippen LogP contribution in [0.2, 0.25) is 0 Å². The van der Waals surface area contributed by atoms with Crippen molar-refractivity contribution >= 4 is 5.91 Å². The Morgan fingerprint density at radius 2 is 2.42 bits per heavy atom. The zero-order valence-corrected chi connectivity index (χ0v) is 7.03. The van der Waals surface area contributed by atoms with E-state index in [1.165, 1.54) is 6.08 Å². The average Bonchev–Trinajstić information content (AvgIpc) is 2.62. The summed E-state index contributed by atoms with van der Waals surface area (Å²) in [6, 6.07) is 0.329. The molecule has 2 atom stereocenters. The van der Waals surface area contributed by atoms with E-state index in [1.54, 1.807) is 0 Å². The summed E-state index contributed by atoms with van der Waals surface area (Å²) in [5.41, 5.74) is 0. The summed E-state index contributed by atoms with van der Waals surface area (Å²) in [6.45, 7) is 5.90. The summed E-state index contributed by atoms with van der Waals surface area (Å²) in [4.78, 5) is 13.2. The number of hydrogen-bond acceptors (Lipinski definition) is 2. The number of carbonyl (C=O) groups is 1. The largest absolute Gasteiger partial charge is 0.379 e. The first-order chi connectivity index (χ1) is 5.83. The molecule has 0 aromatic carbocycles. The first-order valence-corrected chi connectivity index (χ1v) is 4.33. The van der Waals surface area contributed by atoms with Gasteiger partial charge < -0.3 is 9.64 Å². The molecule has 2 aliphatic heterocycles. The molecule has 0 aromatic rings. The minimum Gasteiger partial charge on any atom is -0.379 e. The summed E-state index contributed by atoms with van der Waals surface area (Å²) in [5, 5.41) is 0. The van der Waals surface area contributed by atoms with E-state index in [-0.39, 0.29) is 5.91 Å². The van der Waals surface area contributed by atoms with Gasteiger partial charge in [-0.2, -0.15) is 0 Å². The lowest BCUT2D eigenvalue weighted by Crippen LogP contribution is -2.36. The van der Waals surface area contributed by atoms with Gasteiger partial charge in [0.1, 0.15) is 0 Å². The van der Waals surface area contributed by atoms with Crippen LogP contribution in [0.5, 0.6) is 0 Å². The number of amides is 1. The molecule has 0 saturated carbocycles. The second-order valence-electron chi connectivity index (χ2n) is 3.39. The number of nitrogens with zero attached hydrogens (tertiary/aromatic N) is 1. The zero-order valence-electron chi connectivity index (χ0n) is 7.03. The summed E-state index contributed by atoms with van der Waals surface area (Å²) in [6.07, 6.45) is 2.48. The minimum atomic E-state index is 0.0491. The van der Waals surface area contributed by atoms with Gasteiger partial charge in [-0.25, -0.2) is 0 Å². The van der Waals surface area contributed by atoms with Gasteiger partial charge in [-0.05, 0) is 12.5 Å². The average molecular weight is 167 g/mol. The summed E-state index contributed by atoms with van der Waals surface area (Å²) < 4.78 is 5.31. The first kappa shape index (κ1) is 7.80. The van der Waals surface area contributed by atoms with Crippen molar-refractivity contribution in [1.29, 1.82) is 0 Å². The Hall–Kier alpha value is -0.830. The van der Waals surface area contributed by atoms with Crippen LogP contribution >= 0.6 is 0 Å². The fraction of sp³-hybridized carbons (Fsp3) is 0.667. The molecule has 2 unspecified atom stereocenters. The topological polar surface area (TPSA) is 29.5 Å². The molecule has 2 aliphatic rings. The normalized spacial score (nSPS) is 33.5. The molecule has 2 fully saturated rings. The van der Waals surface area contributed by atoms with E-state index in [9.17, 15) is 4.79 Å². The molecular weight excluding hydrogens is 154 g/mol. The quantitative estimate of drug-likeness (QED) is 0.530. The maximum absolute atomic E-state index is 11.3. The summed E-state index contributed by atoms with van der Waals surface area (Å²) in [5.74, 6) is 0.627. The highest BCUT2D eigenvalue weighted by atomic mass is 16.5. The third-order valence-corrected chi connectivity index (χ3v) is 2.76. The molecule has 2 saturated heterocycles. The molecule has 0 aliphatic carbocycles. The van der Waals surface area contributed by atoms with Crippen molar-refractivity contribution in [2.24, 2.45) is 5.92 Å². The van der Waals surface area contributed by atoms with Gasteiger partial charge in [-0.15, -0.1) is 0 Å². The van der Waals surface area contributed by atoms with Gasteiger partial charge in [0, 0.05) is 12.5 Å². The number of hydrogen-bond donors (Lipinski definition) is 0. The van der Waals surface area contributed by atoms with Crippen molar-refractivity contribution in [2.75, 3.05) is 19.8 Å². The third kappa shape index (κ3) is 1.05. The predicted molar refractivity (Wildman–Crippen MR) is 44.6 cm³/mol. The van der Waals surface area contributed by atoms with Gasteiger partial charge in [0.05, 0.1) is 19.3 Å². The van der Waals surface area contributed by atoms with Crippen LogP contribution in [0.4, 0.5) is 0 Å². The van der Waals surface area contributed by atoms with Crippen LogP contribution in [-0.2, 0) is 9.53 Å². The van der Waals surface area contributed by atoms with Gasteiger partial charge in [0.15, 0.2) is 0 Å². The summed E-state index contributed by atoms with van der Waals surface area (Å²) >= 11 is 0. The van der Waals surface area contributed by atoms with Gasteiger partial charge in [0.2, 0.25) is 5.91 Å². The molecule has 0 spiro atoms. The number of rotatable bonds is 1. The molecule has 2 heterocycles. The third-order valence-electron chi connectivity index (χ3n) is 2.76. The van der Waals surface area contributed by atoms with Gasteiger partial charge in [-0.3, -0.25) is 4.79 Å². The van der Waals surface area contributed by atoms with E-state index in [0.717, 1.165) is 19.6 Å². The van der Waals surface area contributed by atoms with Crippen LogP contribution in [0.15, 0.2) is 12.7 Å². The number of carbonyl (C=O) groups excluding carboxylic acids is 1. The van der Waals surface area contributed by atoms with E-state index < -0.39 is 0 Å². The van der Waals surface area contributed by atoms with Crippen LogP contribution < -0.4 is 0 Å². The van der Waals surface area contributed by atoms with Crippen molar-refractivity contribution in [3.05, 3.63) is 12.7 Å². The van der Waals surface area contributed by atoms with Crippen molar-refractivity contribution < 1.29 is 9.53 Å². The molecule has 66 valence electrons. The predicted octanol–water partition coefficient (Wildman–Crippen LogP) is 0.420. The molecule has 0 N–H and O–H groups in total. The molecule has 3 heteroatoms. The highest BCUT2D eigenvalue weighted by molar-refractivity contribution is 5.87. The van der Waals surface area contributed by atoms with E-state index in [0.29, 0.717) is 18.6 Å². The standard InChI is InChI=1S/C9H13NO2/c1-2-9(11)10-4-3-7-5-12-6-8(7)10/h2,7-8H,1,3-6H2. The second-order valence-corrected chi connectivity index (χ2v) is 3.39. The molecular formula is C9H13NO2. The minimum absolute atomic E-state index is 0.0491. The van der Waals surface area contributed by atoms with Crippen molar-refractivity contribution in [2.45, 2.75) is 12.5 Å². The van der Waals surface area contributed by atoms with Crippen molar-refractivity contribution in [1.82, 2.24) is 4.90 Å². The first-order valence-electron chi connectivity index (χ1n) is 4.33. The van der Waals surface area contributed by atoms with Crippen LogP contribution in [-0.4, -0.2) is 36.6 Å². The maximum atomic E-state index is 11.3. The van der Waals surface area contributed by atoms with E-state index >= 15 is 0 Å². The lowest BCUT2D eigenvalue weighted by atomic mass is 10.1. The SMILES string of the molecule is C=CC(=O)N1CCC2COCC21. The van der Waals surface area contributed by atoms with Crippen LogP contribution in [0.3, 0.4) is 0 Å². The lowest BCUT2D eigenvalue weighted by molar-refractivity contribution is -0.127. The Morgan fingerprint density at radius 1 is 1.58 bits per heavy atom. The Kier molecular flexibility index (Phi) is 1.89. The number of fused-ring (bicyclic) bond motifs is 1. The Bertz CT molecular complexity index is 215. The summed E-state index contributed by atoms with van der Waals surface area (Å²) in [7, 11) is 0. The molecule has 3 nitrogen and oxygen atoms in total. The molecule has 0 bridgehead atoms. The fourth-order valence-electron chi connectivity index (χ4n) is 2.07. The smallest absolute Gasteiger partial charge is 0.246 e. The Morgan fingerprint density at radius 3 is 3.17 bits per heavy atom. The number of ether oxygens (including phenoxy) is 1. The second kappa shape index (κ2) is 2.90. The Labute approximate surface area is 72.0 Å². The monoisotopic (exact) mass is 167 g/mol. The van der Waals surface area contributed by atoms with Gasteiger partial charge in [0.25, 0.3) is 0 Å². The van der Waals surface area contributed by atoms with Gasteiger partial charge >= 0.3 is 0 Å². The maximum Gasteiger partial charge on any atom is 0.246 e. The zero-order chi connectivity index (χ0) is 8.55. The van der Waals surface area contributed by atoms with Gasteiger partial charge in [-0.1, -0.05) is 6.58 Å². The van der Waals surface area contributed by atoms with Crippen LogP contribution in [0.25, 0.3) is 0 Å². The number of likely N-dealkylation sites (tertiary alicyclic amines) is 1. The van der Waals surface area contributed by atoms with E-state index in [4.69, 9.17) is 4.74 Å². The molecule has 0 radical (unpaired) electrons. The van der Waals surface area contributed by atoms with Crippen LogP contribution in [0.1, 0.15) is 6.42 Å². The lowest BCUT2D eigenvalue weighted by Gasteiger charge is -2.20. The molecule has 0 aromatic heterocycles. The van der Waals surface area contributed by atoms with E-state index in [1.807, 2.05) is 4.90 Å². The van der Waals surface area contributed by atoms with Crippen molar-refractivity contribution in [3.63, 3.8) is 0 Å². The molecule has 12 heavy (non-hydrogen) atoms. The fourth-order valence-corrected chi connectivity index (χ4v) is 2.07. The molecule has 1 amide bonds. The van der Waals surface area contributed by atoms with E-state index in [2.05, 4.69) is 6.58 Å². The molecule has 2 rings (SSSR count). The van der Waals surface area contributed by atoms with Crippen LogP contribution in [0, 0.1) is 5.92 Å². The Balaban J connectivity index is 2.08. The highest BCUT2D eigenvalue weighted by Crippen LogP contribution is 2.29. The highest BCUT2D eigenvalue weighted by Gasteiger charge is 2.39.